The number of nitrogens with one attached hydrogen (secondary N) is 1. The molecule has 1 saturated heterocycles. The molecule has 2 nitrogen and oxygen atoms in total. The van der Waals surface area contributed by atoms with Crippen LogP contribution in [0.5, 0.6) is 0 Å². The molecule has 0 bridgehead atoms. The van der Waals surface area contributed by atoms with E-state index in [4.69, 9.17) is 0 Å². The predicted octanol–water partition coefficient (Wildman–Crippen LogP) is 13.5. The van der Waals surface area contributed by atoms with E-state index < -0.39 is 0 Å². The lowest BCUT2D eigenvalue weighted by atomic mass is 9.91. The maximum absolute atomic E-state index is 3.59. The number of nitrogens with zero attached hydrogens (tertiary/aromatic N) is 1. The summed E-state index contributed by atoms with van der Waals surface area (Å²) in [5.41, 5.74) is 0. The van der Waals surface area contributed by atoms with Gasteiger partial charge in [0.2, 0.25) is 0 Å². The van der Waals surface area contributed by atoms with E-state index in [9.17, 15) is 0 Å². The van der Waals surface area contributed by atoms with Crippen molar-refractivity contribution in [2.75, 3.05) is 19.6 Å². The van der Waals surface area contributed by atoms with Gasteiger partial charge in [0.1, 0.15) is 0 Å². The third-order valence-electron chi connectivity index (χ3n) is 10.4. The lowest BCUT2D eigenvalue weighted by molar-refractivity contribution is 0.182. The highest BCUT2D eigenvalue weighted by Crippen LogP contribution is 2.34. The van der Waals surface area contributed by atoms with Gasteiger partial charge < -0.3 is 5.32 Å². The minimum atomic E-state index is 0.708. The van der Waals surface area contributed by atoms with Crippen LogP contribution in [0.4, 0.5) is 0 Å². The van der Waals surface area contributed by atoms with Crippen molar-refractivity contribution < 1.29 is 0 Å². The van der Waals surface area contributed by atoms with Gasteiger partial charge in [-0.05, 0) is 44.4 Å². The monoisotopic (exact) mass is 623 g/mol. The molecule has 2 atom stereocenters. The van der Waals surface area contributed by atoms with Crippen molar-refractivity contribution in [1.82, 2.24) is 9.62 Å². The van der Waals surface area contributed by atoms with Crippen LogP contribution < -0.4 is 5.32 Å². The van der Waals surface area contributed by atoms with Crippen LogP contribution in [0.3, 0.4) is 0 Å². The summed E-state index contributed by atoms with van der Waals surface area (Å²) < 4.78 is 2.96. The first-order valence-corrected chi connectivity index (χ1v) is 21.1. The SMILES string of the molecule is CCCCCCCCCCCCC(CCCCCCCCCC)CN(SC(CCCCC)CCCCC)C(C)C1CNC1. The summed E-state index contributed by atoms with van der Waals surface area (Å²) in [5, 5.41) is 4.42. The molecule has 0 aromatic rings. The van der Waals surface area contributed by atoms with E-state index in [0.29, 0.717) is 6.04 Å². The molecule has 0 radical (unpaired) electrons. The van der Waals surface area contributed by atoms with Gasteiger partial charge in [0, 0.05) is 30.9 Å². The van der Waals surface area contributed by atoms with E-state index in [1.54, 1.807) is 0 Å². The zero-order valence-electron chi connectivity index (χ0n) is 30.6. The summed E-state index contributed by atoms with van der Waals surface area (Å²) in [6, 6.07) is 0.708. The van der Waals surface area contributed by atoms with Crippen LogP contribution in [0.15, 0.2) is 0 Å². The lowest BCUT2D eigenvalue weighted by Gasteiger charge is -2.42. The Bertz CT molecular complexity index is 541. The van der Waals surface area contributed by atoms with Gasteiger partial charge in [-0.25, -0.2) is 4.31 Å². The summed E-state index contributed by atoms with van der Waals surface area (Å²) in [6.07, 6.45) is 40.3. The Hall–Kier alpha value is 0.270. The minimum Gasteiger partial charge on any atom is -0.316 e. The topological polar surface area (TPSA) is 15.3 Å². The van der Waals surface area contributed by atoms with Crippen molar-refractivity contribution in [2.45, 2.75) is 226 Å². The van der Waals surface area contributed by atoms with Crippen molar-refractivity contribution in [3.63, 3.8) is 0 Å². The van der Waals surface area contributed by atoms with Crippen LogP contribution in [-0.4, -0.2) is 35.2 Å². The van der Waals surface area contributed by atoms with Gasteiger partial charge >= 0.3 is 0 Å². The van der Waals surface area contributed by atoms with Crippen molar-refractivity contribution in [3.8, 4) is 0 Å². The molecule has 3 heteroatoms. The average molecular weight is 623 g/mol. The molecule has 0 saturated carbocycles. The van der Waals surface area contributed by atoms with Crippen LogP contribution in [0.2, 0.25) is 0 Å². The van der Waals surface area contributed by atoms with Crippen LogP contribution in [0.25, 0.3) is 0 Å². The van der Waals surface area contributed by atoms with Gasteiger partial charge in [-0.1, -0.05) is 194 Å². The Morgan fingerprint density at radius 2 is 0.860 bits per heavy atom. The van der Waals surface area contributed by atoms with E-state index >= 15 is 0 Å². The molecule has 1 N–H and O–H groups in total. The molecule has 0 spiro atoms. The fourth-order valence-electron chi connectivity index (χ4n) is 6.95. The molecular weight excluding hydrogens is 541 g/mol. The van der Waals surface area contributed by atoms with E-state index in [1.165, 1.54) is 199 Å². The van der Waals surface area contributed by atoms with E-state index in [0.717, 1.165) is 17.1 Å². The van der Waals surface area contributed by atoms with Crippen LogP contribution >= 0.6 is 11.9 Å². The minimum absolute atomic E-state index is 0.708. The highest BCUT2D eigenvalue weighted by Gasteiger charge is 2.31. The average Bonchev–Trinajstić information content (AvgIpc) is 2.97. The Morgan fingerprint density at radius 1 is 0.512 bits per heavy atom. The molecular formula is C40H82N2S. The molecule has 1 aliphatic heterocycles. The van der Waals surface area contributed by atoms with Gasteiger partial charge in [-0.15, -0.1) is 0 Å². The molecule has 0 aliphatic carbocycles. The second kappa shape index (κ2) is 30.9. The summed E-state index contributed by atoms with van der Waals surface area (Å²) in [4.78, 5) is 0. The summed E-state index contributed by atoms with van der Waals surface area (Å²) in [7, 11) is 0. The molecule has 1 aliphatic rings. The van der Waals surface area contributed by atoms with Crippen molar-refractivity contribution in [3.05, 3.63) is 0 Å². The molecule has 43 heavy (non-hydrogen) atoms. The molecule has 0 aromatic carbocycles. The van der Waals surface area contributed by atoms with Crippen LogP contribution in [0, 0.1) is 11.8 Å². The summed E-state index contributed by atoms with van der Waals surface area (Å²) in [6.45, 7) is 15.8. The quantitative estimate of drug-likeness (QED) is 0.0567. The van der Waals surface area contributed by atoms with Gasteiger partial charge in [0.25, 0.3) is 0 Å². The second-order valence-electron chi connectivity index (χ2n) is 14.6. The van der Waals surface area contributed by atoms with Crippen molar-refractivity contribution in [2.24, 2.45) is 11.8 Å². The molecule has 0 amide bonds. The number of unbranched alkanes of at least 4 members (excludes halogenated alkanes) is 20. The molecule has 258 valence electrons. The van der Waals surface area contributed by atoms with Crippen LogP contribution in [-0.2, 0) is 0 Å². The first-order valence-electron chi connectivity index (χ1n) is 20.3. The summed E-state index contributed by atoms with van der Waals surface area (Å²) in [5.74, 6) is 1.74. The Balaban J connectivity index is 2.69. The van der Waals surface area contributed by atoms with Gasteiger partial charge in [0.15, 0.2) is 0 Å². The maximum atomic E-state index is 3.59. The molecule has 1 heterocycles. The zero-order valence-corrected chi connectivity index (χ0v) is 31.4. The largest absolute Gasteiger partial charge is 0.316 e. The number of hydrogen-bond donors (Lipinski definition) is 1. The normalized spacial score (nSPS) is 15.4. The Labute approximate surface area is 278 Å². The van der Waals surface area contributed by atoms with Crippen molar-refractivity contribution >= 4 is 11.9 Å². The fourth-order valence-corrected chi connectivity index (χ4v) is 8.53. The molecule has 1 rings (SSSR count). The van der Waals surface area contributed by atoms with E-state index in [-0.39, 0.29) is 0 Å². The predicted molar refractivity (Wildman–Crippen MR) is 199 cm³/mol. The number of hydrogen-bond acceptors (Lipinski definition) is 3. The van der Waals surface area contributed by atoms with Gasteiger partial charge in [-0.2, -0.15) is 0 Å². The second-order valence-corrected chi connectivity index (χ2v) is 15.9. The first kappa shape index (κ1) is 41.3. The van der Waals surface area contributed by atoms with E-state index in [2.05, 4.69) is 56.2 Å². The zero-order chi connectivity index (χ0) is 31.2. The maximum Gasteiger partial charge on any atom is 0.0227 e. The third-order valence-corrected chi connectivity index (χ3v) is 11.9. The third kappa shape index (κ3) is 23.3. The molecule has 1 fully saturated rings. The molecule has 0 aromatic heterocycles. The number of rotatable bonds is 34. The summed E-state index contributed by atoms with van der Waals surface area (Å²) >= 11 is 2.32. The lowest BCUT2D eigenvalue weighted by Crippen LogP contribution is -2.52. The first-order chi connectivity index (χ1) is 21.2. The van der Waals surface area contributed by atoms with Gasteiger partial charge in [-0.3, -0.25) is 0 Å². The smallest absolute Gasteiger partial charge is 0.0227 e. The standard InChI is InChI=1S/C40H82N2S/c1-6-10-14-16-18-20-21-23-25-29-31-38(30-28-24-22-19-17-15-11-7-2)36-42(37(5)39-34-41-35-39)43-40(32-26-12-8-3)33-27-13-9-4/h37-41H,6-36H2,1-5H3. The Kier molecular flexibility index (Phi) is 29.7. The highest BCUT2D eigenvalue weighted by atomic mass is 32.2. The van der Waals surface area contributed by atoms with Crippen molar-refractivity contribution in [1.29, 1.82) is 0 Å². The molecule has 2 unspecified atom stereocenters. The Morgan fingerprint density at radius 3 is 1.23 bits per heavy atom. The van der Waals surface area contributed by atoms with Gasteiger partial charge in [0.05, 0.1) is 0 Å². The highest BCUT2D eigenvalue weighted by molar-refractivity contribution is 7.97. The fraction of sp³-hybridized carbons (Fsp3) is 1.00. The van der Waals surface area contributed by atoms with Crippen LogP contribution in [0.1, 0.15) is 214 Å². The van der Waals surface area contributed by atoms with E-state index in [1.807, 2.05) is 0 Å².